The maximum atomic E-state index is 8.65. The molecular weight excluding hydrogens is 262 g/mol. The van der Waals surface area contributed by atoms with E-state index in [0.717, 1.165) is 35.7 Å². The van der Waals surface area contributed by atoms with E-state index in [1.807, 2.05) is 36.4 Å². The minimum Gasteiger partial charge on any atom is -0.489 e. The number of hydrogen-bond acceptors (Lipinski definition) is 4. The maximum absolute atomic E-state index is 8.65. The van der Waals surface area contributed by atoms with E-state index in [1.165, 1.54) is 0 Å². The Kier molecular flexibility index (Phi) is 5.60. The fraction of sp³-hybridized carbons (Fsp3) is 0.294. The van der Waals surface area contributed by atoms with Crippen molar-refractivity contribution in [2.45, 2.75) is 26.4 Å². The van der Waals surface area contributed by atoms with Crippen LogP contribution >= 0.6 is 0 Å². The lowest BCUT2D eigenvalue weighted by Crippen LogP contribution is -2.07. The first-order valence-corrected chi connectivity index (χ1v) is 7.10. The van der Waals surface area contributed by atoms with Gasteiger partial charge in [0.25, 0.3) is 0 Å². The predicted octanol–water partition coefficient (Wildman–Crippen LogP) is 3.55. The van der Waals surface area contributed by atoms with Crippen molar-refractivity contribution in [3.63, 3.8) is 0 Å². The van der Waals surface area contributed by atoms with Crippen molar-refractivity contribution in [3.8, 4) is 11.8 Å². The fourth-order valence-corrected chi connectivity index (χ4v) is 1.91. The highest BCUT2D eigenvalue weighted by Gasteiger charge is 2.03. The molecule has 0 saturated heterocycles. The van der Waals surface area contributed by atoms with Crippen LogP contribution in [-0.4, -0.2) is 11.5 Å². The van der Waals surface area contributed by atoms with Gasteiger partial charge in [-0.3, -0.25) is 0 Å². The summed E-state index contributed by atoms with van der Waals surface area (Å²) >= 11 is 0. The van der Waals surface area contributed by atoms with E-state index in [4.69, 9.17) is 10.00 Å². The van der Waals surface area contributed by atoms with Crippen LogP contribution < -0.4 is 10.1 Å². The third-order valence-corrected chi connectivity index (χ3v) is 3.03. The van der Waals surface area contributed by atoms with E-state index >= 15 is 0 Å². The Morgan fingerprint density at radius 1 is 1.24 bits per heavy atom. The third-order valence-electron chi connectivity index (χ3n) is 3.03. The summed E-state index contributed by atoms with van der Waals surface area (Å²) < 4.78 is 5.78. The number of nitrogens with zero attached hydrogens (tertiary/aromatic N) is 2. The third kappa shape index (κ3) is 4.50. The number of nitriles is 1. The summed E-state index contributed by atoms with van der Waals surface area (Å²) in [6, 6.07) is 13.7. The van der Waals surface area contributed by atoms with Crippen LogP contribution in [0.5, 0.6) is 5.75 Å². The van der Waals surface area contributed by atoms with Crippen molar-refractivity contribution in [1.29, 1.82) is 5.26 Å². The molecular formula is C17H19N3O. The van der Waals surface area contributed by atoms with E-state index < -0.39 is 0 Å². The topological polar surface area (TPSA) is 57.9 Å². The van der Waals surface area contributed by atoms with Crippen LogP contribution in [0.2, 0.25) is 0 Å². The van der Waals surface area contributed by atoms with Gasteiger partial charge in [0, 0.05) is 18.3 Å². The summed E-state index contributed by atoms with van der Waals surface area (Å²) in [5.74, 6) is 1.67. The molecule has 0 aliphatic heterocycles. The zero-order chi connectivity index (χ0) is 14.9. The highest BCUT2D eigenvalue weighted by molar-refractivity contribution is 5.43. The number of nitrogens with one attached hydrogen (secondary N) is 1. The van der Waals surface area contributed by atoms with Crippen molar-refractivity contribution < 1.29 is 4.74 Å². The standard InChI is InChI=1S/C17H19N3O/c1-2-11-19-17-15(4-3-12-20-17)13-21-16-7-5-14(6-8-16)9-10-18/h3-8,12H,2,9,11,13H2,1H3,(H,19,20). The molecule has 2 aromatic rings. The first-order valence-electron chi connectivity index (χ1n) is 7.10. The molecule has 0 aliphatic rings. The molecule has 1 aromatic heterocycles. The second kappa shape index (κ2) is 7.91. The Hall–Kier alpha value is -2.54. The Morgan fingerprint density at radius 2 is 2.05 bits per heavy atom. The Labute approximate surface area is 125 Å². The molecule has 0 amide bonds. The summed E-state index contributed by atoms with van der Waals surface area (Å²) in [7, 11) is 0. The van der Waals surface area contributed by atoms with Crippen molar-refractivity contribution in [3.05, 3.63) is 53.7 Å². The number of pyridine rings is 1. The van der Waals surface area contributed by atoms with Gasteiger partial charge in [-0.25, -0.2) is 4.98 Å². The molecule has 0 unspecified atom stereocenters. The number of ether oxygens (including phenoxy) is 1. The largest absolute Gasteiger partial charge is 0.489 e. The normalized spacial score (nSPS) is 9.90. The quantitative estimate of drug-likeness (QED) is 0.843. The second-order valence-electron chi connectivity index (χ2n) is 4.71. The Morgan fingerprint density at radius 3 is 2.76 bits per heavy atom. The van der Waals surface area contributed by atoms with Gasteiger partial charge in [-0.2, -0.15) is 5.26 Å². The van der Waals surface area contributed by atoms with E-state index in [9.17, 15) is 0 Å². The molecule has 1 N–H and O–H groups in total. The zero-order valence-electron chi connectivity index (χ0n) is 12.2. The summed E-state index contributed by atoms with van der Waals surface area (Å²) in [5.41, 5.74) is 2.03. The maximum Gasteiger partial charge on any atom is 0.132 e. The van der Waals surface area contributed by atoms with E-state index in [1.54, 1.807) is 6.20 Å². The van der Waals surface area contributed by atoms with Gasteiger partial charge in [0.15, 0.2) is 0 Å². The minimum atomic E-state index is 0.425. The summed E-state index contributed by atoms with van der Waals surface area (Å²) in [6.45, 7) is 3.49. The SMILES string of the molecule is CCCNc1ncccc1COc1ccc(CC#N)cc1. The second-order valence-corrected chi connectivity index (χ2v) is 4.71. The van der Waals surface area contributed by atoms with Gasteiger partial charge in [-0.1, -0.05) is 25.1 Å². The van der Waals surface area contributed by atoms with Gasteiger partial charge < -0.3 is 10.1 Å². The highest BCUT2D eigenvalue weighted by atomic mass is 16.5. The molecule has 0 spiro atoms. The monoisotopic (exact) mass is 281 g/mol. The van der Waals surface area contributed by atoms with Gasteiger partial charge in [0.2, 0.25) is 0 Å². The molecule has 0 fully saturated rings. The van der Waals surface area contributed by atoms with E-state index in [0.29, 0.717) is 13.0 Å². The van der Waals surface area contributed by atoms with Crippen LogP contribution in [0.25, 0.3) is 0 Å². The van der Waals surface area contributed by atoms with Crippen LogP contribution in [0.1, 0.15) is 24.5 Å². The molecule has 21 heavy (non-hydrogen) atoms. The van der Waals surface area contributed by atoms with Gasteiger partial charge in [-0.15, -0.1) is 0 Å². The predicted molar refractivity (Wildman–Crippen MR) is 83.1 cm³/mol. The number of anilines is 1. The van der Waals surface area contributed by atoms with E-state index in [2.05, 4.69) is 23.3 Å². The van der Waals surface area contributed by atoms with Gasteiger partial charge >= 0.3 is 0 Å². The van der Waals surface area contributed by atoms with Gasteiger partial charge in [0.05, 0.1) is 12.5 Å². The molecule has 0 radical (unpaired) electrons. The average molecular weight is 281 g/mol. The van der Waals surface area contributed by atoms with Crippen LogP contribution in [0, 0.1) is 11.3 Å². The number of rotatable bonds is 7. The van der Waals surface area contributed by atoms with Crippen LogP contribution in [0.4, 0.5) is 5.82 Å². The molecule has 4 nitrogen and oxygen atoms in total. The van der Waals surface area contributed by atoms with Crippen molar-refractivity contribution in [2.24, 2.45) is 0 Å². The van der Waals surface area contributed by atoms with Crippen molar-refractivity contribution in [1.82, 2.24) is 4.98 Å². The molecule has 2 rings (SSSR count). The first-order chi connectivity index (χ1) is 10.3. The fourth-order valence-electron chi connectivity index (χ4n) is 1.91. The minimum absolute atomic E-state index is 0.425. The summed E-state index contributed by atoms with van der Waals surface area (Å²) in [5, 5.41) is 11.9. The zero-order valence-corrected chi connectivity index (χ0v) is 12.2. The van der Waals surface area contributed by atoms with Crippen molar-refractivity contribution >= 4 is 5.82 Å². The van der Waals surface area contributed by atoms with Crippen LogP contribution in [-0.2, 0) is 13.0 Å². The smallest absolute Gasteiger partial charge is 0.132 e. The van der Waals surface area contributed by atoms with Gasteiger partial charge in [0.1, 0.15) is 18.2 Å². The molecule has 108 valence electrons. The molecule has 0 bridgehead atoms. The molecule has 1 heterocycles. The molecule has 4 heteroatoms. The summed E-state index contributed by atoms with van der Waals surface area (Å²) in [4.78, 5) is 4.34. The molecule has 0 aliphatic carbocycles. The van der Waals surface area contributed by atoms with Crippen LogP contribution in [0.3, 0.4) is 0 Å². The Balaban J connectivity index is 1.97. The molecule has 0 atom stereocenters. The lowest BCUT2D eigenvalue weighted by Gasteiger charge is -2.11. The number of benzene rings is 1. The lowest BCUT2D eigenvalue weighted by molar-refractivity contribution is 0.306. The van der Waals surface area contributed by atoms with Crippen LogP contribution in [0.15, 0.2) is 42.6 Å². The Bertz CT molecular complexity index is 602. The summed E-state index contributed by atoms with van der Waals surface area (Å²) in [6.07, 6.45) is 3.25. The van der Waals surface area contributed by atoms with Crippen molar-refractivity contribution in [2.75, 3.05) is 11.9 Å². The van der Waals surface area contributed by atoms with Gasteiger partial charge in [-0.05, 0) is 30.2 Å². The van der Waals surface area contributed by atoms with E-state index in [-0.39, 0.29) is 0 Å². The molecule has 0 saturated carbocycles. The number of aromatic nitrogens is 1. The number of hydrogen-bond donors (Lipinski definition) is 1. The lowest BCUT2D eigenvalue weighted by atomic mass is 10.2. The first kappa shape index (κ1) is 14.9. The average Bonchev–Trinajstić information content (AvgIpc) is 2.53. The molecule has 1 aromatic carbocycles. The highest BCUT2D eigenvalue weighted by Crippen LogP contribution is 2.17.